The van der Waals surface area contributed by atoms with Gasteiger partial charge in [-0.15, -0.1) is 0 Å². The van der Waals surface area contributed by atoms with Crippen molar-refractivity contribution in [3.63, 3.8) is 0 Å². The van der Waals surface area contributed by atoms with Gasteiger partial charge < -0.3 is 9.67 Å². The number of aryl methyl sites for hydroxylation is 1. The molecular formula is C13H17NO3. The summed E-state index contributed by atoms with van der Waals surface area (Å²) in [4.78, 5) is 23.2. The summed E-state index contributed by atoms with van der Waals surface area (Å²) in [6.45, 7) is 3.84. The van der Waals surface area contributed by atoms with Crippen LogP contribution in [0.3, 0.4) is 0 Å². The molecule has 1 aromatic heterocycles. The van der Waals surface area contributed by atoms with Crippen LogP contribution in [0.4, 0.5) is 0 Å². The fraction of sp³-hybridized carbons (Fsp3) is 0.538. The Kier molecular flexibility index (Phi) is 3.05. The first-order chi connectivity index (χ1) is 8.02. The zero-order chi connectivity index (χ0) is 12.6. The molecule has 0 radical (unpaired) electrons. The third-order valence-corrected chi connectivity index (χ3v) is 3.29. The van der Waals surface area contributed by atoms with E-state index in [1.807, 2.05) is 13.8 Å². The number of carboxylic acid groups (broad SMARTS) is 1. The van der Waals surface area contributed by atoms with Gasteiger partial charge in [0, 0.05) is 11.7 Å². The second-order valence-electron chi connectivity index (χ2n) is 4.81. The van der Waals surface area contributed by atoms with Gasteiger partial charge in [-0.25, -0.2) is 4.79 Å². The lowest BCUT2D eigenvalue weighted by atomic mass is 9.94. The van der Waals surface area contributed by atoms with Crippen molar-refractivity contribution >= 4 is 5.97 Å². The molecule has 0 unspecified atom stereocenters. The SMILES string of the molecule is CC(C)n1c2c(cc(C(=O)O)c1=O)CCCC2. The molecule has 4 heteroatoms. The summed E-state index contributed by atoms with van der Waals surface area (Å²) in [5, 5.41) is 9.06. The molecule has 17 heavy (non-hydrogen) atoms. The molecule has 0 saturated carbocycles. The highest BCUT2D eigenvalue weighted by molar-refractivity contribution is 5.87. The Balaban J connectivity index is 2.73. The normalized spacial score (nSPS) is 14.8. The number of pyridine rings is 1. The Bertz CT molecular complexity index is 514. The van der Waals surface area contributed by atoms with Gasteiger partial charge in [-0.1, -0.05) is 0 Å². The highest BCUT2D eigenvalue weighted by Crippen LogP contribution is 2.22. The van der Waals surface area contributed by atoms with E-state index >= 15 is 0 Å². The molecule has 4 nitrogen and oxygen atoms in total. The molecule has 0 saturated heterocycles. The maximum absolute atomic E-state index is 12.1. The second-order valence-corrected chi connectivity index (χ2v) is 4.81. The Morgan fingerprint density at radius 3 is 2.59 bits per heavy atom. The van der Waals surface area contributed by atoms with E-state index in [0.29, 0.717) is 0 Å². The van der Waals surface area contributed by atoms with Crippen molar-refractivity contribution < 1.29 is 9.90 Å². The molecule has 0 aromatic carbocycles. The number of hydrogen-bond acceptors (Lipinski definition) is 2. The predicted octanol–water partition coefficient (Wildman–Crippen LogP) is 2.01. The van der Waals surface area contributed by atoms with Crippen LogP contribution in [0.1, 0.15) is 54.3 Å². The average molecular weight is 235 g/mol. The van der Waals surface area contributed by atoms with Crippen LogP contribution in [-0.2, 0) is 12.8 Å². The first-order valence-electron chi connectivity index (χ1n) is 6.03. The lowest BCUT2D eigenvalue weighted by Gasteiger charge is -2.24. The minimum atomic E-state index is -1.13. The maximum atomic E-state index is 12.1. The van der Waals surface area contributed by atoms with Crippen molar-refractivity contribution in [2.45, 2.75) is 45.6 Å². The number of carboxylic acids is 1. The van der Waals surface area contributed by atoms with E-state index in [9.17, 15) is 9.59 Å². The molecule has 2 rings (SSSR count). The van der Waals surface area contributed by atoms with Crippen LogP contribution in [0.15, 0.2) is 10.9 Å². The molecule has 1 heterocycles. The first-order valence-corrected chi connectivity index (χ1v) is 6.03. The minimum absolute atomic E-state index is 0.00801. The number of hydrogen-bond donors (Lipinski definition) is 1. The number of rotatable bonds is 2. The molecule has 1 aliphatic rings. The number of carbonyl (C=O) groups is 1. The molecule has 0 bridgehead atoms. The maximum Gasteiger partial charge on any atom is 0.341 e. The third-order valence-electron chi connectivity index (χ3n) is 3.29. The van der Waals surface area contributed by atoms with Crippen molar-refractivity contribution in [2.24, 2.45) is 0 Å². The molecule has 1 N–H and O–H groups in total. The number of aromatic carboxylic acids is 1. The lowest BCUT2D eigenvalue weighted by Crippen LogP contribution is -2.32. The van der Waals surface area contributed by atoms with Crippen LogP contribution in [-0.4, -0.2) is 15.6 Å². The number of nitrogens with zero attached hydrogens (tertiary/aromatic N) is 1. The topological polar surface area (TPSA) is 59.3 Å². The number of fused-ring (bicyclic) bond motifs is 1. The van der Waals surface area contributed by atoms with Crippen molar-refractivity contribution in [1.29, 1.82) is 0 Å². The molecular weight excluding hydrogens is 218 g/mol. The third kappa shape index (κ3) is 1.99. The van der Waals surface area contributed by atoms with E-state index in [1.54, 1.807) is 10.6 Å². The molecule has 0 fully saturated rings. The highest BCUT2D eigenvalue weighted by Gasteiger charge is 2.21. The van der Waals surface area contributed by atoms with Crippen molar-refractivity contribution in [3.05, 3.63) is 33.2 Å². The van der Waals surface area contributed by atoms with Gasteiger partial charge in [-0.2, -0.15) is 0 Å². The predicted molar refractivity (Wildman–Crippen MR) is 64.7 cm³/mol. The average Bonchev–Trinajstić information content (AvgIpc) is 2.27. The van der Waals surface area contributed by atoms with Crippen molar-refractivity contribution in [3.8, 4) is 0 Å². The quantitative estimate of drug-likeness (QED) is 0.853. The number of aromatic nitrogens is 1. The van der Waals surface area contributed by atoms with E-state index in [0.717, 1.165) is 36.9 Å². The minimum Gasteiger partial charge on any atom is -0.477 e. The van der Waals surface area contributed by atoms with E-state index in [4.69, 9.17) is 5.11 Å². The zero-order valence-corrected chi connectivity index (χ0v) is 10.2. The van der Waals surface area contributed by atoms with Gasteiger partial charge in [-0.3, -0.25) is 4.79 Å². The summed E-state index contributed by atoms with van der Waals surface area (Å²) in [6.07, 6.45) is 3.90. The van der Waals surface area contributed by atoms with Crippen LogP contribution in [0.5, 0.6) is 0 Å². The molecule has 0 atom stereocenters. The van der Waals surface area contributed by atoms with Gasteiger partial charge in [0.25, 0.3) is 5.56 Å². The van der Waals surface area contributed by atoms with E-state index < -0.39 is 5.97 Å². The van der Waals surface area contributed by atoms with Gasteiger partial charge in [0.15, 0.2) is 0 Å². The molecule has 1 aromatic rings. The molecule has 92 valence electrons. The van der Waals surface area contributed by atoms with Crippen LogP contribution in [0.2, 0.25) is 0 Å². The first kappa shape index (κ1) is 11.9. The fourth-order valence-electron chi connectivity index (χ4n) is 2.53. The van der Waals surface area contributed by atoms with Crippen LogP contribution >= 0.6 is 0 Å². The highest BCUT2D eigenvalue weighted by atomic mass is 16.4. The lowest BCUT2D eigenvalue weighted by molar-refractivity contribution is 0.0694. The Hall–Kier alpha value is -1.58. The summed E-state index contributed by atoms with van der Waals surface area (Å²) < 4.78 is 1.65. The fourth-order valence-corrected chi connectivity index (χ4v) is 2.53. The van der Waals surface area contributed by atoms with E-state index in [2.05, 4.69) is 0 Å². The van der Waals surface area contributed by atoms with Gasteiger partial charge in [0.1, 0.15) is 5.56 Å². The van der Waals surface area contributed by atoms with E-state index in [-0.39, 0.29) is 17.2 Å². The smallest absolute Gasteiger partial charge is 0.341 e. The van der Waals surface area contributed by atoms with Crippen LogP contribution in [0, 0.1) is 0 Å². The summed E-state index contributed by atoms with van der Waals surface area (Å²) >= 11 is 0. The second kappa shape index (κ2) is 4.35. The van der Waals surface area contributed by atoms with Crippen molar-refractivity contribution in [2.75, 3.05) is 0 Å². The van der Waals surface area contributed by atoms with Gasteiger partial charge in [0.05, 0.1) is 0 Å². The Labute approximate surface area is 99.9 Å². The van der Waals surface area contributed by atoms with Gasteiger partial charge in [0.2, 0.25) is 0 Å². The standard InChI is InChI=1S/C13H17NO3/c1-8(2)14-11-6-4-3-5-9(11)7-10(12(14)15)13(16)17/h7-8H,3-6H2,1-2H3,(H,16,17). The Morgan fingerprint density at radius 1 is 1.35 bits per heavy atom. The van der Waals surface area contributed by atoms with Gasteiger partial charge in [-0.05, 0) is 51.2 Å². The largest absolute Gasteiger partial charge is 0.477 e. The molecule has 0 amide bonds. The van der Waals surface area contributed by atoms with Gasteiger partial charge >= 0.3 is 5.97 Å². The summed E-state index contributed by atoms with van der Waals surface area (Å²) in [5.74, 6) is -1.13. The molecule has 1 aliphatic carbocycles. The summed E-state index contributed by atoms with van der Waals surface area (Å²) in [6, 6.07) is 1.58. The van der Waals surface area contributed by atoms with Crippen molar-refractivity contribution in [1.82, 2.24) is 4.57 Å². The van der Waals surface area contributed by atoms with E-state index in [1.165, 1.54) is 0 Å². The monoisotopic (exact) mass is 235 g/mol. The van der Waals surface area contributed by atoms with Crippen LogP contribution < -0.4 is 5.56 Å². The summed E-state index contributed by atoms with van der Waals surface area (Å²) in [7, 11) is 0. The molecule has 0 aliphatic heterocycles. The zero-order valence-electron chi connectivity index (χ0n) is 10.2. The van der Waals surface area contributed by atoms with Crippen LogP contribution in [0.25, 0.3) is 0 Å². The Morgan fingerprint density at radius 2 is 2.00 bits per heavy atom. The summed E-state index contributed by atoms with van der Waals surface area (Å²) in [5.41, 5.74) is 1.59. The molecule has 0 spiro atoms.